The number of carbonyl (C=O) groups is 2. The predicted molar refractivity (Wildman–Crippen MR) is 66.3 cm³/mol. The Morgan fingerprint density at radius 2 is 1.26 bits per heavy atom. The molecule has 0 rings (SSSR count). The van der Waals surface area contributed by atoms with Crippen LogP contribution in [0.1, 0.15) is 27.7 Å². The third-order valence-corrected chi connectivity index (χ3v) is 1.19. The maximum atomic E-state index is 10.4. The van der Waals surface area contributed by atoms with Crippen molar-refractivity contribution in [1.82, 2.24) is 0 Å². The number of carbonyl (C=O) groups excluding carboxylic acids is 2. The highest BCUT2D eigenvalue weighted by Gasteiger charge is 2.10. The van der Waals surface area contributed by atoms with E-state index in [0.717, 1.165) is 0 Å². The van der Waals surface area contributed by atoms with Crippen LogP contribution in [-0.4, -0.2) is 47.9 Å². The van der Waals surface area contributed by atoms with Crippen molar-refractivity contribution in [2.24, 2.45) is 0 Å². The molecule has 0 aromatic rings. The van der Waals surface area contributed by atoms with Crippen LogP contribution in [0.15, 0.2) is 0 Å². The summed E-state index contributed by atoms with van der Waals surface area (Å²) >= 11 is 0. The first-order valence-corrected chi connectivity index (χ1v) is 5.71. The van der Waals surface area contributed by atoms with Crippen LogP contribution in [0.3, 0.4) is 0 Å². The van der Waals surface area contributed by atoms with Gasteiger partial charge in [-0.05, 0) is 27.7 Å². The topological polar surface area (TPSA) is 102 Å². The van der Waals surface area contributed by atoms with Gasteiger partial charge in [-0.3, -0.25) is 0 Å². The van der Waals surface area contributed by atoms with Gasteiger partial charge in [-0.15, -0.1) is 0 Å². The van der Waals surface area contributed by atoms with Gasteiger partial charge in [-0.25, -0.2) is 9.59 Å². The smallest absolute Gasteiger partial charge is 0.434 e. The second-order valence-corrected chi connectivity index (χ2v) is 3.11. The minimum Gasteiger partial charge on any atom is -0.434 e. The van der Waals surface area contributed by atoms with Crippen LogP contribution in [0, 0.1) is 11.8 Å². The largest absolute Gasteiger partial charge is 0.518 e. The lowest BCUT2D eigenvalue weighted by Crippen LogP contribution is -2.14. The standard InChI is InChI=1S/C6H10O5.C6H10O2/c1-3-9-5(7)11-6(8)10-4-2;1-5(7)3-4-6(2)8/h3-4H2,1-2H3;5-8H,1-2H3. The SMILES string of the molecule is CC(O)C#CC(C)O.CCOC(=O)OC(=O)OCC. The number of hydrogen-bond acceptors (Lipinski definition) is 7. The van der Waals surface area contributed by atoms with E-state index in [9.17, 15) is 9.59 Å². The number of hydrogen-bond donors (Lipinski definition) is 2. The maximum absolute atomic E-state index is 10.4. The molecule has 7 heteroatoms. The molecule has 0 aliphatic heterocycles. The molecule has 0 spiro atoms. The van der Waals surface area contributed by atoms with Crippen LogP contribution in [0.25, 0.3) is 0 Å². The molecule has 0 radical (unpaired) electrons. The van der Waals surface area contributed by atoms with Gasteiger partial charge in [0.25, 0.3) is 0 Å². The van der Waals surface area contributed by atoms with Crippen LogP contribution in [-0.2, 0) is 14.2 Å². The average molecular weight is 276 g/mol. The summed E-state index contributed by atoms with van der Waals surface area (Å²) < 4.78 is 12.6. The molecule has 0 aromatic heterocycles. The van der Waals surface area contributed by atoms with Gasteiger partial charge in [0, 0.05) is 0 Å². The summed E-state index contributed by atoms with van der Waals surface area (Å²) in [6, 6.07) is 0. The van der Waals surface area contributed by atoms with Gasteiger partial charge >= 0.3 is 12.3 Å². The van der Waals surface area contributed by atoms with Crippen LogP contribution < -0.4 is 0 Å². The summed E-state index contributed by atoms with van der Waals surface area (Å²) in [5.74, 6) is 4.80. The van der Waals surface area contributed by atoms with Crippen molar-refractivity contribution in [3.8, 4) is 11.8 Å². The number of rotatable bonds is 2. The van der Waals surface area contributed by atoms with Crippen LogP contribution >= 0.6 is 0 Å². The van der Waals surface area contributed by atoms with Crippen LogP contribution in [0.2, 0.25) is 0 Å². The zero-order valence-corrected chi connectivity index (χ0v) is 11.5. The van der Waals surface area contributed by atoms with Crippen molar-refractivity contribution in [3.63, 3.8) is 0 Å². The van der Waals surface area contributed by atoms with E-state index in [1.807, 2.05) is 0 Å². The van der Waals surface area contributed by atoms with E-state index in [0.29, 0.717) is 0 Å². The van der Waals surface area contributed by atoms with E-state index in [2.05, 4.69) is 26.1 Å². The second-order valence-electron chi connectivity index (χ2n) is 3.11. The molecule has 0 fully saturated rings. The van der Waals surface area contributed by atoms with E-state index in [-0.39, 0.29) is 13.2 Å². The highest BCUT2D eigenvalue weighted by Crippen LogP contribution is 1.89. The first kappa shape index (κ1) is 19.6. The highest BCUT2D eigenvalue weighted by atomic mass is 16.8. The van der Waals surface area contributed by atoms with Crippen molar-refractivity contribution in [2.45, 2.75) is 39.9 Å². The molecule has 2 atom stereocenters. The first-order valence-electron chi connectivity index (χ1n) is 5.71. The van der Waals surface area contributed by atoms with E-state index in [4.69, 9.17) is 10.2 Å². The molecular weight excluding hydrogens is 256 g/mol. The predicted octanol–water partition coefficient (Wildman–Crippen LogP) is 1.07. The molecule has 2 unspecified atom stereocenters. The fourth-order valence-corrected chi connectivity index (χ4v) is 0.604. The zero-order valence-electron chi connectivity index (χ0n) is 11.5. The minimum atomic E-state index is -1.04. The summed E-state index contributed by atoms with van der Waals surface area (Å²) in [4.78, 5) is 20.8. The molecular formula is C12H20O7. The Bertz CT molecular complexity index is 284. The summed E-state index contributed by atoms with van der Waals surface area (Å²) in [7, 11) is 0. The molecule has 19 heavy (non-hydrogen) atoms. The lowest BCUT2D eigenvalue weighted by molar-refractivity contribution is 0.0409. The van der Waals surface area contributed by atoms with Gasteiger partial charge in [-0.1, -0.05) is 11.8 Å². The van der Waals surface area contributed by atoms with Gasteiger partial charge < -0.3 is 24.4 Å². The van der Waals surface area contributed by atoms with Gasteiger partial charge in [0.15, 0.2) is 0 Å². The van der Waals surface area contributed by atoms with Crippen molar-refractivity contribution in [2.75, 3.05) is 13.2 Å². The molecule has 0 saturated heterocycles. The molecule has 0 aliphatic rings. The summed E-state index contributed by atoms with van der Waals surface area (Å²) in [5, 5.41) is 17.0. The third-order valence-electron chi connectivity index (χ3n) is 1.19. The first-order chi connectivity index (χ1) is 8.83. The molecule has 2 N–H and O–H groups in total. The maximum Gasteiger partial charge on any atom is 0.518 e. The fourth-order valence-electron chi connectivity index (χ4n) is 0.604. The number of ether oxygens (including phenoxy) is 3. The number of aliphatic hydroxyl groups is 2. The Balaban J connectivity index is 0. The lowest BCUT2D eigenvalue weighted by Gasteiger charge is -2.01. The quantitative estimate of drug-likeness (QED) is 0.441. The normalized spacial score (nSPS) is 11.7. The van der Waals surface area contributed by atoms with E-state index in [1.165, 1.54) is 0 Å². The monoisotopic (exact) mass is 276 g/mol. The van der Waals surface area contributed by atoms with Crippen molar-refractivity contribution >= 4 is 12.3 Å². The van der Waals surface area contributed by atoms with E-state index in [1.54, 1.807) is 27.7 Å². The van der Waals surface area contributed by atoms with Crippen molar-refractivity contribution in [1.29, 1.82) is 0 Å². The molecule has 0 bridgehead atoms. The molecule has 0 aliphatic carbocycles. The van der Waals surface area contributed by atoms with Gasteiger partial charge in [0.2, 0.25) is 0 Å². The second kappa shape index (κ2) is 12.7. The Hall–Kier alpha value is -1.78. The highest BCUT2D eigenvalue weighted by molar-refractivity contribution is 5.76. The summed E-state index contributed by atoms with van der Waals surface area (Å²) in [6.07, 6.45) is -3.34. The number of aliphatic hydroxyl groups excluding tert-OH is 2. The Labute approximate surface area is 112 Å². The Kier molecular flexibility index (Phi) is 13.0. The van der Waals surface area contributed by atoms with Crippen molar-refractivity contribution in [3.05, 3.63) is 0 Å². The molecule has 0 heterocycles. The zero-order chi connectivity index (χ0) is 15.3. The molecule has 0 aromatic carbocycles. The summed E-state index contributed by atoms with van der Waals surface area (Å²) in [5.41, 5.74) is 0. The van der Waals surface area contributed by atoms with E-state index >= 15 is 0 Å². The minimum absolute atomic E-state index is 0.165. The molecule has 7 nitrogen and oxygen atoms in total. The van der Waals surface area contributed by atoms with Gasteiger partial charge in [0.1, 0.15) is 12.2 Å². The lowest BCUT2D eigenvalue weighted by atomic mass is 10.3. The molecule has 0 saturated carbocycles. The van der Waals surface area contributed by atoms with Crippen molar-refractivity contribution < 1.29 is 34.0 Å². The Morgan fingerprint density at radius 1 is 0.947 bits per heavy atom. The molecule has 110 valence electrons. The average Bonchev–Trinajstić information content (AvgIpc) is 2.27. The van der Waals surface area contributed by atoms with E-state index < -0.39 is 24.5 Å². The van der Waals surface area contributed by atoms with Gasteiger partial charge in [-0.2, -0.15) is 0 Å². The van der Waals surface area contributed by atoms with Crippen LogP contribution in [0.5, 0.6) is 0 Å². The fraction of sp³-hybridized carbons (Fsp3) is 0.667. The third kappa shape index (κ3) is 18.8. The Morgan fingerprint density at radius 3 is 1.47 bits per heavy atom. The molecule has 0 amide bonds. The van der Waals surface area contributed by atoms with Crippen LogP contribution in [0.4, 0.5) is 9.59 Å². The van der Waals surface area contributed by atoms with Gasteiger partial charge in [0.05, 0.1) is 13.2 Å². The summed E-state index contributed by atoms with van der Waals surface area (Å²) in [6.45, 7) is 6.64.